The largest absolute Gasteiger partial charge is 0.335 e. The van der Waals surface area contributed by atoms with Gasteiger partial charge in [-0.05, 0) is 19.1 Å². The molecule has 0 spiro atoms. The molecule has 1 aromatic carbocycles. The van der Waals surface area contributed by atoms with Gasteiger partial charge in [0.2, 0.25) is 0 Å². The molecular formula is C22H19N7O2. The lowest BCUT2D eigenvalue weighted by Crippen LogP contribution is -2.14. The number of aromatic nitrogens is 6. The number of hydrogen-bond donors (Lipinski definition) is 1. The van der Waals surface area contributed by atoms with E-state index in [1.165, 1.54) is 0 Å². The van der Waals surface area contributed by atoms with Crippen LogP contribution in [0, 0.1) is 0 Å². The summed E-state index contributed by atoms with van der Waals surface area (Å²) in [5.74, 6) is 0.120. The van der Waals surface area contributed by atoms with Crippen molar-refractivity contribution >= 4 is 22.8 Å². The Hall–Kier alpha value is -4.27. The Morgan fingerprint density at radius 3 is 2.61 bits per heavy atom. The Morgan fingerprint density at radius 1 is 1.06 bits per heavy atom. The fourth-order valence-corrected chi connectivity index (χ4v) is 3.39. The second-order valence-corrected chi connectivity index (χ2v) is 7.02. The molecule has 0 aliphatic heterocycles. The van der Waals surface area contributed by atoms with Gasteiger partial charge in [-0.3, -0.25) is 14.2 Å². The molecular weight excluding hydrogens is 394 g/mol. The zero-order chi connectivity index (χ0) is 21.4. The van der Waals surface area contributed by atoms with Crippen LogP contribution in [0.5, 0.6) is 0 Å². The van der Waals surface area contributed by atoms with E-state index in [0.717, 1.165) is 12.1 Å². The Bertz CT molecular complexity index is 1380. The summed E-state index contributed by atoms with van der Waals surface area (Å²) >= 11 is 0. The van der Waals surface area contributed by atoms with Crippen molar-refractivity contribution in [2.24, 2.45) is 7.05 Å². The van der Waals surface area contributed by atoms with E-state index in [0.29, 0.717) is 33.8 Å². The van der Waals surface area contributed by atoms with E-state index in [1.807, 2.05) is 49.5 Å². The van der Waals surface area contributed by atoms with Crippen molar-refractivity contribution in [3.05, 3.63) is 66.5 Å². The number of aryl methyl sites for hydroxylation is 2. The summed E-state index contributed by atoms with van der Waals surface area (Å²) in [6.45, 7) is 2.73. The fraction of sp³-hybridized carbons (Fsp3) is 0.136. The van der Waals surface area contributed by atoms with Crippen LogP contribution in [0.25, 0.3) is 33.7 Å². The van der Waals surface area contributed by atoms with Crippen LogP contribution in [0.3, 0.4) is 0 Å². The summed E-state index contributed by atoms with van der Waals surface area (Å²) < 4.78 is 8.97. The van der Waals surface area contributed by atoms with Gasteiger partial charge in [-0.15, -0.1) is 0 Å². The number of hydrogen-bond acceptors (Lipinski definition) is 6. The highest BCUT2D eigenvalue weighted by Crippen LogP contribution is 2.32. The van der Waals surface area contributed by atoms with Crippen molar-refractivity contribution < 1.29 is 9.32 Å². The van der Waals surface area contributed by atoms with Crippen LogP contribution in [-0.2, 0) is 13.6 Å². The van der Waals surface area contributed by atoms with Crippen molar-refractivity contribution in [2.45, 2.75) is 13.5 Å². The molecule has 0 fully saturated rings. The van der Waals surface area contributed by atoms with Gasteiger partial charge in [0, 0.05) is 37.6 Å². The van der Waals surface area contributed by atoms with Crippen molar-refractivity contribution in [3.8, 4) is 22.6 Å². The van der Waals surface area contributed by atoms with Crippen LogP contribution in [0.1, 0.15) is 17.3 Å². The minimum Gasteiger partial charge on any atom is -0.335 e. The number of carbonyl (C=O) groups excluding carboxylic acids is 1. The standard InChI is InChI=1S/C22H19N7O2/c1-3-29-12-9-16(25-29)17-13-15(21(30)24-18-10-11-28(2)26-18)19-20(27-31-22(19)23-17)14-7-5-4-6-8-14/h4-13H,3H2,1-2H3,(H,24,26,30). The molecule has 0 radical (unpaired) electrons. The first-order chi connectivity index (χ1) is 15.1. The molecule has 4 aromatic heterocycles. The summed E-state index contributed by atoms with van der Waals surface area (Å²) in [6.07, 6.45) is 3.63. The highest BCUT2D eigenvalue weighted by Gasteiger charge is 2.23. The molecule has 9 nitrogen and oxygen atoms in total. The number of amides is 1. The highest BCUT2D eigenvalue weighted by molar-refractivity contribution is 6.15. The number of nitrogens with one attached hydrogen (secondary N) is 1. The third kappa shape index (κ3) is 3.46. The average molecular weight is 413 g/mol. The van der Waals surface area contributed by atoms with Crippen LogP contribution in [0.2, 0.25) is 0 Å². The second kappa shape index (κ2) is 7.52. The Morgan fingerprint density at radius 2 is 1.90 bits per heavy atom. The normalized spacial score (nSPS) is 11.2. The lowest BCUT2D eigenvalue weighted by molar-refractivity contribution is 0.102. The SMILES string of the molecule is CCn1ccc(-c2cc(C(=O)Nc3ccn(C)n3)c3c(-c4ccccc4)noc3n2)n1. The molecule has 0 bridgehead atoms. The van der Waals surface area contributed by atoms with Gasteiger partial charge in [-0.25, -0.2) is 4.98 Å². The summed E-state index contributed by atoms with van der Waals surface area (Å²) in [7, 11) is 1.79. The summed E-state index contributed by atoms with van der Waals surface area (Å²) in [6, 6.07) is 14.8. The Balaban J connectivity index is 1.68. The summed E-state index contributed by atoms with van der Waals surface area (Å²) in [5, 5.41) is 16.3. The van der Waals surface area contributed by atoms with Crippen LogP contribution in [0.15, 0.2) is 65.4 Å². The Labute approximate surface area is 177 Å². The molecule has 0 saturated carbocycles. The van der Waals surface area contributed by atoms with Crippen LogP contribution in [0.4, 0.5) is 5.82 Å². The molecule has 0 aliphatic rings. The van der Waals surface area contributed by atoms with Gasteiger partial charge in [0.1, 0.15) is 11.4 Å². The maximum atomic E-state index is 13.3. The van der Waals surface area contributed by atoms with Gasteiger partial charge in [0.05, 0.1) is 16.6 Å². The molecule has 4 heterocycles. The van der Waals surface area contributed by atoms with E-state index >= 15 is 0 Å². The van der Waals surface area contributed by atoms with Crippen LogP contribution >= 0.6 is 0 Å². The van der Waals surface area contributed by atoms with Crippen LogP contribution < -0.4 is 5.32 Å². The van der Waals surface area contributed by atoms with Gasteiger partial charge >= 0.3 is 0 Å². The third-order valence-corrected chi connectivity index (χ3v) is 4.92. The minimum atomic E-state index is -0.331. The van der Waals surface area contributed by atoms with Crippen molar-refractivity contribution in [1.29, 1.82) is 0 Å². The van der Waals surface area contributed by atoms with E-state index in [4.69, 9.17) is 4.52 Å². The smallest absolute Gasteiger partial charge is 0.259 e. The van der Waals surface area contributed by atoms with E-state index < -0.39 is 0 Å². The van der Waals surface area contributed by atoms with E-state index in [-0.39, 0.29) is 11.6 Å². The second-order valence-electron chi connectivity index (χ2n) is 7.02. The highest BCUT2D eigenvalue weighted by atomic mass is 16.5. The number of rotatable bonds is 5. The maximum Gasteiger partial charge on any atom is 0.259 e. The van der Waals surface area contributed by atoms with Crippen molar-refractivity contribution in [3.63, 3.8) is 0 Å². The number of anilines is 1. The average Bonchev–Trinajstić information content (AvgIpc) is 3.53. The first kappa shape index (κ1) is 18.7. The van der Waals surface area contributed by atoms with Crippen molar-refractivity contribution in [2.75, 3.05) is 5.32 Å². The molecule has 0 atom stereocenters. The molecule has 1 N–H and O–H groups in total. The molecule has 0 aliphatic carbocycles. The topological polar surface area (TPSA) is 104 Å². The third-order valence-electron chi connectivity index (χ3n) is 4.92. The number of fused-ring (bicyclic) bond motifs is 1. The van der Waals surface area contributed by atoms with Gasteiger partial charge in [-0.1, -0.05) is 35.5 Å². The Kier molecular flexibility index (Phi) is 4.55. The monoisotopic (exact) mass is 413 g/mol. The van der Waals surface area contributed by atoms with Gasteiger partial charge in [0.25, 0.3) is 11.6 Å². The number of nitrogens with zero attached hydrogens (tertiary/aromatic N) is 6. The van der Waals surface area contributed by atoms with Gasteiger partial charge < -0.3 is 9.84 Å². The van der Waals surface area contributed by atoms with E-state index in [2.05, 4.69) is 25.7 Å². The molecule has 31 heavy (non-hydrogen) atoms. The fourth-order valence-electron chi connectivity index (χ4n) is 3.39. The predicted molar refractivity (Wildman–Crippen MR) is 115 cm³/mol. The first-order valence-electron chi connectivity index (χ1n) is 9.83. The zero-order valence-electron chi connectivity index (χ0n) is 17.0. The molecule has 5 rings (SSSR count). The molecule has 9 heteroatoms. The zero-order valence-corrected chi connectivity index (χ0v) is 17.0. The number of pyridine rings is 1. The van der Waals surface area contributed by atoms with Crippen molar-refractivity contribution in [1.82, 2.24) is 29.7 Å². The lowest BCUT2D eigenvalue weighted by Gasteiger charge is -2.07. The molecule has 154 valence electrons. The predicted octanol–water partition coefficient (Wildman–Crippen LogP) is 3.76. The quantitative estimate of drug-likeness (QED) is 0.471. The maximum absolute atomic E-state index is 13.3. The number of carbonyl (C=O) groups is 1. The number of benzene rings is 1. The molecule has 5 aromatic rings. The molecule has 1 amide bonds. The van der Waals surface area contributed by atoms with Crippen LogP contribution in [-0.4, -0.2) is 35.6 Å². The summed E-state index contributed by atoms with van der Waals surface area (Å²) in [5.41, 5.74) is 3.22. The molecule has 0 saturated heterocycles. The lowest BCUT2D eigenvalue weighted by atomic mass is 10.0. The summed E-state index contributed by atoms with van der Waals surface area (Å²) in [4.78, 5) is 17.9. The first-order valence-corrected chi connectivity index (χ1v) is 9.83. The van der Waals surface area contributed by atoms with Gasteiger partial charge in [0.15, 0.2) is 5.82 Å². The molecule has 0 unspecified atom stereocenters. The minimum absolute atomic E-state index is 0.272. The van der Waals surface area contributed by atoms with Gasteiger partial charge in [-0.2, -0.15) is 10.2 Å². The van der Waals surface area contributed by atoms with E-state index in [9.17, 15) is 4.79 Å². The van der Waals surface area contributed by atoms with E-state index in [1.54, 1.807) is 34.7 Å².